The van der Waals surface area contributed by atoms with Gasteiger partial charge in [-0.1, -0.05) is 0 Å². The number of esters is 2. The molecule has 1 saturated heterocycles. The van der Waals surface area contributed by atoms with E-state index in [9.17, 15) is 27.6 Å². The normalized spacial score (nSPS) is 18.6. The molecule has 22 heavy (non-hydrogen) atoms. The summed E-state index contributed by atoms with van der Waals surface area (Å²) < 4.78 is 50.0. The molecule has 0 aromatic rings. The number of hydrogen-bond donors (Lipinski definition) is 0. The minimum Gasteiger partial charge on any atom is -0.460 e. The monoisotopic (exact) mass is 344 g/mol. The highest BCUT2D eigenvalue weighted by Crippen LogP contribution is 2.17. The zero-order chi connectivity index (χ0) is 16.6. The number of carbonyl (C=O) groups is 3. The maximum atomic E-state index is 11.9. The van der Waals surface area contributed by atoms with E-state index >= 15 is 0 Å². The Bertz CT molecular complexity index is 406. The Kier molecular flexibility index (Phi) is 7.66. The Balaban J connectivity index is 2.08. The van der Waals surface area contributed by atoms with Crippen molar-refractivity contribution in [3.63, 3.8) is 0 Å². The Labute approximate surface area is 128 Å². The predicted molar refractivity (Wildman–Crippen MR) is 69.0 cm³/mol. The van der Waals surface area contributed by atoms with Crippen LogP contribution in [0.3, 0.4) is 0 Å². The standard InChI is InChI=1S/C12H15F3O6S/c13-12(14,15)10(17)11(18)20-4-2-1-3-8(16)21-9-7-22-6-5-19-9/h9H,1-7H2. The van der Waals surface area contributed by atoms with Crippen LogP contribution in [0.15, 0.2) is 0 Å². The molecule has 126 valence electrons. The summed E-state index contributed by atoms with van der Waals surface area (Å²) in [6.45, 7) is 0.134. The van der Waals surface area contributed by atoms with E-state index in [1.807, 2.05) is 0 Å². The lowest BCUT2D eigenvalue weighted by atomic mass is 10.2. The van der Waals surface area contributed by atoms with Gasteiger partial charge in [-0.25, -0.2) is 4.79 Å². The third kappa shape index (κ3) is 7.12. The summed E-state index contributed by atoms with van der Waals surface area (Å²) in [5.74, 6) is -3.58. The van der Waals surface area contributed by atoms with Crippen molar-refractivity contribution in [1.82, 2.24) is 0 Å². The van der Waals surface area contributed by atoms with Crippen molar-refractivity contribution >= 4 is 29.5 Å². The summed E-state index contributed by atoms with van der Waals surface area (Å²) in [4.78, 5) is 32.6. The molecule has 1 atom stereocenters. The highest BCUT2D eigenvalue weighted by atomic mass is 32.2. The van der Waals surface area contributed by atoms with Gasteiger partial charge in [0.25, 0.3) is 0 Å². The van der Waals surface area contributed by atoms with Crippen LogP contribution in [0, 0.1) is 0 Å². The summed E-state index contributed by atoms with van der Waals surface area (Å²) in [7, 11) is 0. The molecule has 0 spiro atoms. The average Bonchev–Trinajstić information content (AvgIpc) is 2.46. The van der Waals surface area contributed by atoms with Gasteiger partial charge in [0.2, 0.25) is 6.29 Å². The van der Waals surface area contributed by atoms with Crippen molar-refractivity contribution in [2.24, 2.45) is 0 Å². The molecule has 1 fully saturated rings. The van der Waals surface area contributed by atoms with E-state index in [1.165, 1.54) is 0 Å². The van der Waals surface area contributed by atoms with E-state index in [2.05, 4.69) is 4.74 Å². The Hall–Kier alpha value is -1.29. The van der Waals surface area contributed by atoms with Gasteiger partial charge in [-0.15, -0.1) is 0 Å². The maximum absolute atomic E-state index is 11.9. The number of alkyl halides is 3. The van der Waals surface area contributed by atoms with E-state index in [1.54, 1.807) is 11.8 Å². The fourth-order valence-electron chi connectivity index (χ4n) is 1.46. The van der Waals surface area contributed by atoms with Gasteiger partial charge < -0.3 is 14.2 Å². The number of ketones is 1. The zero-order valence-corrected chi connectivity index (χ0v) is 12.3. The highest BCUT2D eigenvalue weighted by molar-refractivity contribution is 7.99. The number of carbonyl (C=O) groups excluding carboxylic acids is 3. The summed E-state index contributed by atoms with van der Waals surface area (Å²) in [6, 6.07) is 0. The van der Waals surface area contributed by atoms with Crippen LogP contribution in [0.25, 0.3) is 0 Å². The summed E-state index contributed by atoms with van der Waals surface area (Å²) in [5.41, 5.74) is 0. The van der Waals surface area contributed by atoms with Gasteiger partial charge in [-0.05, 0) is 12.8 Å². The number of hydrogen-bond acceptors (Lipinski definition) is 7. The second kappa shape index (κ2) is 8.99. The maximum Gasteiger partial charge on any atom is 0.461 e. The summed E-state index contributed by atoms with van der Waals surface area (Å²) in [5, 5.41) is 0. The van der Waals surface area contributed by atoms with E-state index in [4.69, 9.17) is 9.47 Å². The van der Waals surface area contributed by atoms with Crippen LogP contribution in [-0.2, 0) is 28.6 Å². The van der Waals surface area contributed by atoms with Gasteiger partial charge in [-0.3, -0.25) is 9.59 Å². The average molecular weight is 344 g/mol. The van der Waals surface area contributed by atoms with Crippen LogP contribution in [0.4, 0.5) is 13.2 Å². The molecule has 0 saturated carbocycles. The molecule has 0 bridgehead atoms. The SMILES string of the molecule is O=C(CCCCOC(=O)C(=O)C(F)(F)F)OC1CSCCO1. The number of unbranched alkanes of at least 4 members (excludes halogenated alkanes) is 1. The first-order valence-corrected chi connectivity index (χ1v) is 7.63. The minimum atomic E-state index is -5.24. The smallest absolute Gasteiger partial charge is 0.460 e. The molecule has 0 aliphatic carbocycles. The van der Waals surface area contributed by atoms with Gasteiger partial charge in [0.15, 0.2) is 0 Å². The lowest BCUT2D eigenvalue weighted by Crippen LogP contribution is -2.32. The van der Waals surface area contributed by atoms with E-state index in [0.29, 0.717) is 12.4 Å². The van der Waals surface area contributed by atoms with E-state index in [-0.39, 0.29) is 25.9 Å². The van der Waals surface area contributed by atoms with Crippen molar-refractivity contribution in [1.29, 1.82) is 0 Å². The van der Waals surface area contributed by atoms with Crippen LogP contribution >= 0.6 is 11.8 Å². The first-order valence-electron chi connectivity index (χ1n) is 6.48. The fourth-order valence-corrected chi connectivity index (χ4v) is 2.19. The second-order valence-electron chi connectivity index (χ2n) is 4.29. The molecule has 10 heteroatoms. The number of thioether (sulfide) groups is 1. The molecular weight excluding hydrogens is 329 g/mol. The molecule has 6 nitrogen and oxygen atoms in total. The van der Waals surface area contributed by atoms with E-state index < -0.39 is 30.2 Å². The molecule has 1 unspecified atom stereocenters. The molecule has 1 aliphatic heterocycles. The molecule has 0 radical (unpaired) electrons. The molecular formula is C12H15F3O6S. The molecule has 1 rings (SSSR count). The number of ether oxygens (including phenoxy) is 3. The zero-order valence-electron chi connectivity index (χ0n) is 11.5. The van der Waals surface area contributed by atoms with Gasteiger partial charge in [0, 0.05) is 12.2 Å². The van der Waals surface area contributed by atoms with E-state index in [0.717, 1.165) is 5.75 Å². The van der Waals surface area contributed by atoms with Crippen molar-refractivity contribution in [2.75, 3.05) is 24.7 Å². The Morgan fingerprint density at radius 3 is 2.55 bits per heavy atom. The summed E-state index contributed by atoms with van der Waals surface area (Å²) >= 11 is 1.60. The molecule has 1 aliphatic rings. The molecule has 0 N–H and O–H groups in total. The molecule has 0 amide bonds. The first kappa shape index (κ1) is 18.8. The van der Waals surface area contributed by atoms with Crippen molar-refractivity contribution in [2.45, 2.75) is 31.7 Å². The minimum absolute atomic E-state index is 0.0231. The fraction of sp³-hybridized carbons (Fsp3) is 0.750. The second-order valence-corrected chi connectivity index (χ2v) is 5.43. The number of halogens is 3. The van der Waals surface area contributed by atoms with Crippen molar-refractivity contribution in [3.05, 3.63) is 0 Å². The summed E-state index contributed by atoms with van der Waals surface area (Å²) in [6.07, 6.45) is -5.39. The van der Waals surface area contributed by atoms with Gasteiger partial charge in [0.05, 0.1) is 19.0 Å². The third-order valence-corrected chi connectivity index (χ3v) is 3.46. The highest BCUT2D eigenvalue weighted by Gasteiger charge is 2.44. The van der Waals surface area contributed by atoms with Crippen LogP contribution in [0.2, 0.25) is 0 Å². The van der Waals surface area contributed by atoms with Crippen LogP contribution in [0.1, 0.15) is 19.3 Å². The lowest BCUT2D eigenvalue weighted by Gasteiger charge is -2.21. The van der Waals surface area contributed by atoms with Gasteiger partial charge in [-0.2, -0.15) is 24.9 Å². The topological polar surface area (TPSA) is 78.9 Å². The Morgan fingerprint density at radius 2 is 1.95 bits per heavy atom. The quantitative estimate of drug-likeness (QED) is 0.393. The van der Waals surface area contributed by atoms with Crippen molar-refractivity contribution < 1.29 is 41.8 Å². The van der Waals surface area contributed by atoms with Crippen molar-refractivity contribution in [3.8, 4) is 0 Å². The molecule has 0 aromatic carbocycles. The number of Topliss-reactive ketones (excluding diaryl/α,β-unsaturated/α-hetero) is 1. The predicted octanol–water partition coefficient (Wildman–Crippen LogP) is 1.46. The first-order chi connectivity index (χ1) is 10.3. The van der Waals surface area contributed by atoms with Gasteiger partial charge in [0.1, 0.15) is 0 Å². The van der Waals surface area contributed by atoms with Crippen LogP contribution in [-0.4, -0.2) is 54.9 Å². The van der Waals surface area contributed by atoms with Crippen LogP contribution < -0.4 is 0 Å². The lowest BCUT2D eigenvalue weighted by molar-refractivity contribution is -0.183. The van der Waals surface area contributed by atoms with Gasteiger partial charge >= 0.3 is 23.9 Å². The largest absolute Gasteiger partial charge is 0.461 e. The molecule has 0 aromatic heterocycles. The molecule has 1 heterocycles. The van der Waals surface area contributed by atoms with Crippen LogP contribution in [0.5, 0.6) is 0 Å². The number of rotatable bonds is 7. The third-order valence-electron chi connectivity index (χ3n) is 2.50. The Morgan fingerprint density at radius 1 is 1.23 bits per heavy atom.